The van der Waals surface area contributed by atoms with Crippen LogP contribution in [0.1, 0.15) is 54.2 Å². The molecule has 0 atom stereocenters. The van der Waals surface area contributed by atoms with Crippen LogP contribution in [-0.2, 0) is 13.0 Å². The average molecular weight is 355 g/mol. The van der Waals surface area contributed by atoms with Gasteiger partial charge in [-0.2, -0.15) is 0 Å². The molecule has 0 saturated heterocycles. The van der Waals surface area contributed by atoms with Crippen LogP contribution in [-0.4, -0.2) is 23.5 Å². The molecular weight excluding hydrogens is 326 g/mol. The van der Waals surface area contributed by atoms with Gasteiger partial charge in [-0.25, -0.2) is 0 Å². The van der Waals surface area contributed by atoms with Gasteiger partial charge in [-0.05, 0) is 75.9 Å². The number of benzene rings is 2. The van der Waals surface area contributed by atoms with E-state index >= 15 is 0 Å². The highest BCUT2D eigenvalue weighted by molar-refractivity contribution is 5.94. The first-order chi connectivity index (χ1) is 12.3. The summed E-state index contributed by atoms with van der Waals surface area (Å²) in [6.07, 6.45) is 1.81. The van der Waals surface area contributed by atoms with Gasteiger partial charge < -0.3 is 15.2 Å². The Morgan fingerprint density at radius 3 is 2.54 bits per heavy atom. The van der Waals surface area contributed by atoms with Crippen molar-refractivity contribution in [3.05, 3.63) is 58.7 Å². The minimum absolute atomic E-state index is 0.0207. The zero-order valence-corrected chi connectivity index (χ0v) is 16.3. The van der Waals surface area contributed by atoms with Crippen molar-refractivity contribution in [3.63, 3.8) is 0 Å². The van der Waals surface area contributed by atoms with Crippen molar-refractivity contribution in [1.82, 2.24) is 0 Å². The van der Waals surface area contributed by atoms with Gasteiger partial charge in [0.05, 0.1) is 6.61 Å². The summed E-state index contributed by atoms with van der Waals surface area (Å²) in [4.78, 5) is 11.4. The molecule has 4 heteroatoms. The second kappa shape index (κ2) is 8.37. The number of aryl methyl sites for hydroxylation is 2. The SMILES string of the molecule is CC(=O)c1cc(CO)c2c(c1)CCC(C)(C)O2.CNc1cccc(C)c1. The van der Waals surface area contributed by atoms with Gasteiger partial charge in [-0.1, -0.05) is 12.1 Å². The molecule has 0 aliphatic carbocycles. The van der Waals surface area contributed by atoms with Crippen LogP contribution in [0.5, 0.6) is 5.75 Å². The first-order valence-electron chi connectivity index (χ1n) is 8.97. The zero-order chi connectivity index (χ0) is 19.3. The highest BCUT2D eigenvalue weighted by Crippen LogP contribution is 2.36. The number of carbonyl (C=O) groups excluding carboxylic acids is 1. The monoisotopic (exact) mass is 355 g/mol. The molecule has 0 unspecified atom stereocenters. The third-order valence-electron chi connectivity index (χ3n) is 4.50. The van der Waals surface area contributed by atoms with Gasteiger partial charge >= 0.3 is 0 Å². The largest absolute Gasteiger partial charge is 0.487 e. The van der Waals surface area contributed by atoms with Crippen molar-refractivity contribution in [2.45, 2.75) is 52.7 Å². The Balaban J connectivity index is 0.000000228. The van der Waals surface area contributed by atoms with Crippen LogP contribution in [0.2, 0.25) is 0 Å². The lowest BCUT2D eigenvalue weighted by atomic mass is 9.91. The lowest BCUT2D eigenvalue weighted by Gasteiger charge is -2.34. The number of ketones is 1. The number of hydrogen-bond donors (Lipinski definition) is 2. The van der Waals surface area contributed by atoms with E-state index in [2.05, 4.69) is 24.4 Å². The topological polar surface area (TPSA) is 58.6 Å². The van der Waals surface area contributed by atoms with E-state index in [9.17, 15) is 9.90 Å². The highest BCUT2D eigenvalue weighted by atomic mass is 16.5. The molecule has 26 heavy (non-hydrogen) atoms. The van der Waals surface area contributed by atoms with Crippen molar-refractivity contribution in [2.75, 3.05) is 12.4 Å². The van der Waals surface area contributed by atoms with Gasteiger partial charge in [0, 0.05) is 23.9 Å². The Morgan fingerprint density at radius 1 is 1.27 bits per heavy atom. The number of aliphatic hydroxyl groups excluding tert-OH is 1. The fourth-order valence-corrected chi connectivity index (χ4v) is 2.96. The van der Waals surface area contributed by atoms with Gasteiger partial charge in [0.1, 0.15) is 11.4 Å². The highest BCUT2D eigenvalue weighted by Gasteiger charge is 2.28. The molecule has 0 bridgehead atoms. The smallest absolute Gasteiger partial charge is 0.159 e. The Labute approximate surface area is 156 Å². The molecule has 0 radical (unpaired) electrons. The van der Waals surface area contributed by atoms with Gasteiger partial charge in [-0.15, -0.1) is 0 Å². The molecule has 2 N–H and O–H groups in total. The van der Waals surface area contributed by atoms with E-state index in [-0.39, 0.29) is 18.0 Å². The van der Waals surface area contributed by atoms with Crippen molar-refractivity contribution in [2.24, 2.45) is 0 Å². The van der Waals surface area contributed by atoms with Crippen LogP contribution < -0.4 is 10.1 Å². The number of hydrogen-bond acceptors (Lipinski definition) is 4. The van der Waals surface area contributed by atoms with Gasteiger partial charge in [0.25, 0.3) is 0 Å². The lowest BCUT2D eigenvalue weighted by Crippen LogP contribution is -2.33. The predicted molar refractivity (Wildman–Crippen MR) is 106 cm³/mol. The Kier molecular flexibility index (Phi) is 6.43. The summed E-state index contributed by atoms with van der Waals surface area (Å²) < 4.78 is 5.90. The number of carbonyl (C=O) groups is 1. The number of nitrogens with one attached hydrogen (secondary N) is 1. The second-order valence-electron chi connectivity index (χ2n) is 7.32. The minimum atomic E-state index is -0.200. The summed E-state index contributed by atoms with van der Waals surface area (Å²) >= 11 is 0. The lowest BCUT2D eigenvalue weighted by molar-refractivity contribution is 0.0810. The third kappa shape index (κ3) is 5.09. The van der Waals surface area contributed by atoms with Gasteiger partial charge in [0.15, 0.2) is 5.78 Å². The fourth-order valence-electron chi connectivity index (χ4n) is 2.96. The normalized spacial score (nSPS) is 14.4. The summed E-state index contributed by atoms with van der Waals surface area (Å²) in [6, 6.07) is 11.9. The summed E-state index contributed by atoms with van der Waals surface area (Å²) in [5.74, 6) is 0.779. The number of fused-ring (bicyclic) bond motifs is 1. The molecule has 0 amide bonds. The zero-order valence-electron chi connectivity index (χ0n) is 16.3. The van der Waals surface area contributed by atoms with E-state index in [0.29, 0.717) is 11.1 Å². The first kappa shape index (κ1) is 20.0. The Morgan fingerprint density at radius 2 is 2.00 bits per heavy atom. The van der Waals surface area contributed by atoms with E-state index in [4.69, 9.17) is 4.74 Å². The fraction of sp³-hybridized carbons (Fsp3) is 0.409. The van der Waals surface area contributed by atoms with Gasteiger partial charge in [-0.3, -0.25) is 4.79 Å². The van der Waals surface area contributed by atoms with Crippen molar-refractivity contribution in [3.8, 4) is 5.75 Å². The van der Waals surface area contributed by atoms with Crippen LogP contribution in [0.4, 0.5) is 5.69 Å². The van der Waals surface area contributed by atoms with E-state index in [1.807, 2.05) is 39.1 Å². The molecule has 140 valence electrons. The van der Waals surface area contributed by atoms with Crippen LogP contribution in [0, 0.1) is 6.92 Å². The van der Waals surface area contributed by atoms with Crippen molar-refractivity contribution in [1.29, 1.82) is 0 Å². The van der Waals surface area contributed by atoms with E-state index < -0.39 is 0 Å². The Hall–Kier alpha value is -2.33. The number of rotatable bonds is 3. The van der Waals surface area contributed by atoms with Crippen LogP contribution >= 0.6 is 0 Å². The number of anilines is 1. The number of ether oxygens (including phenoxy) is 1. The van der Waals surface area contributed by atoms with E-state index in [1.165, 1.54) is 18.2 Å². The molecule has 0 aromatic heterocycles. The summed E-state index contributed by atoms with van der Waals surface area (Å²) in [5, 5.41) is 12.4. The molecule has 1 heterocycles. The Bertz CT molecular complexity index is 764. The third-order valence-corrected chi connectivity index (χ3v) is 4.50. The minimum Gasteiger partial charge on any atom is -0.487 e. The van der Waals surface area contributed by atoms with E-state index in [0.717, 1.165) is 24.2 Å². The molecule has 3 rings (SSSR count). The van der Waals surface area contributed by atoms with Crippen LogP contribution in [0.3, 0.4) is 0 Å². The molecule has 1 aliphatic rings. The molecule has 2 aromatic carbocycles. The van der Waals surface area contributed by atoms with Crippen LogP contribution in [0.25, 0.3) is 0 Å². The maximum atomic E-state index is 11.4. The van der Waals surface area contributed by atoms with Crippen LogP contribution in [0.15, 0.2) is 36.4 Å². The molecule has 1 aliphatic heterocycles. The standard InChI is InChI=1S/C14H18O3.C8H11N/c1-9(16)11-6-10-4-5-14(2,3)17-13(10)12(7-11)8-15;1-7-4-3-5-8(6-7)9-2/h6-7,15H,4-5,8H2,1-3H3;3-6,9H,1-2H3. The summed E-state index contributed by atoms with van der Waals surface area (Å²) in [6.45, 7) is 7.60. The van der Waals surface area contributed by atoms with Crippen molar-refractivity contribution >= 4 is 11.5 Å². The number of Topliss-reactive ketones (excluding diaryl/α,β-unsaturated/α-hetero) is 1. The quantitative estimate of drug-likeness (QED) is 0.795. The maximum Gasteiger partial charge on any atom is 0.159 e. The second-order valence-corrected chi connectivity index (χ2v) is 7.32. The molecule has 4 nitrogen and oxygen atoms in total. The molecular formula is C22H29NO3. The van der Waals surface area contributed by atoms with Crippen molar-refractivity contribution < 1.29 is 14.6 Å². The van der Waals surface area contributed by atoms with Gasteiger partial charge in [0.2, 0.25) is 0 Å². The first-order valence-corrected chi connectivity index (χ1v) is 8.97. The number of aliphatic hydroxyl groups is 1. The molecule has 2 aromatic rings. The summed E-state index contributed by atoms with van der Waals surface area (Å²) in [7, 11) is 1.93. The predicted octanol–water partition coefficient (Wildman–Crippen LogP) is 4.52. The average Bonchev–Trinajstić information content (AvgIpc) is 2.60. The molecule has 0 spiro atoms. The molecule has 0 fully saturated rings. The maximum absolute atomic E-state index is 11.4. The summed E-state index contributed by atoms with van der Waals surface area (Å²) in [5.41, 5.74) is 4.66. The molecule has 0 saturated carbocycles. The van der Waals surface area contributed by atoms with E-state index in [1.54, 1.807) is 6.07 Å².